The Morgan fingerprint density at radius 1 is 1.05 bits per heavy atom. The van der Waals surface area contributed by atoms with Crippen molar-refractivity contribution in [1.29, 1.82) is 0 Å². The van der Waals surface area contributed by atoms with Crippen LogP contribution in [0.25, 0.3) is 22.6 Å². The van der Waals surface area contributed by atoms with Gasteiger partial charge >= 0.3 is 0 Å². The van der Waals surface area contributed by atoms with Crippen LogP contribution in [0.4, 0.5) is 0 Å². The van der Waals surface area contributed by atoms with Crippen molar-refractivity contribution < 1.29 is 10.2 Å². The molecule has 0 unspecified atom stereocenters. The first-order chi connectivity index (χ1) is 9.59. The second-order valence-corrected chi connectivity index (χ2v) is 4.92. The summed E-state index contributed by atoms with van der Waals surface area (Å²) in [5.41, 5.74) is 1.80. The zero-order chi connectivity index (χ0) is 14.3. The summed E-state index contributed by atoms with van der Waals surface area (Å²) in [7, 11) is 0. The van der Waals surface area contributed by atoms with E-state index in [0.717, 1.165) is 11.2 Å². The van der Waals surface area contributed by atoms with Crippen molar-refractivity contribution in [2.24, 2.45) is 0 Å². The van der Waals surface area contributed by atoms with Crippen LogP contribution in [0.1, 0.15) is 19.9 Å². The minimum absolute atomic E-state index is 0.00204. The fourth-order valence-electron chi connectivity index (χ4n) is 2.35. The second kappa shape index (κ2) is 4.52. The number of imidazole rings is 1. The van der Waals surface area contributed by atoms with Crippen LogP contribution >= 0.6 is 0 Å². The summed E-state index contributed by atoms with van der Waals surface area (Å²) in [5.74, 6) is 0.522. The molecule has 0 fully saturated rings. The Hall–Kier alpha value is -2.56. The van der Waals surface area contributed by atoms with E-state index >= 15 is 0 Å². The molecule has 2 aromatic heterocycles. The van der Waals surface area contributed by atoms with Gasteiger partial charge in [-0.05, 0) is 38.1 Å². The Morgan fingerprint density at radius 3 is 2.40 bits per heavy atom. The summed E-state index contributed by atoms with van der Waals surface area (Å²) in [6.07, 6.45) is 1.71. The van der Waals surface area contributed by atoms with Crippen LogP contribution in [0.3, 0.4) is 0 Å². The maximum atomic E-state index is 10.0. The van der Waals surface area contributed by atoms with Gasteiger partial charge in [-0.2, -0.15) is 0 Å². The first-order valence-corrected chi connectivity index (χ1v) is 6.44. The normalized spacial score (nSPS) is 11.3. The standard InChI is InChI=1S/C15H15N3O2/c1-9(2)18-14-10(5-4-8-16-14)17-15(18)13-11(19)6-3-7-12(13)20/h3-9,19-20H,1-2H3. The minimum Gasteiger partial charge on any atom is -0.507 e. The van der Waals surface area contributed by atoms with Crippen molar-refractivity contribution in [3.8, 4) is 22.9 Å². The molecule has 0 aliphatic rings. The third-order valence-corrected chi connectivity index (χ3v) is 3.21. The summed E-state index contributed by atoms with van der Waals surface area (Å²) < 4.78 is 1.91. The fourth-order valence-corrected chi connectivity index (χ4v) is 2.35. The molecule has 0 bridgehead atoms. The molecule has 20 heavy (non-hydrogen) atoms. The average Bonchev–Trinajstić information content (AvgIpc) is 2.77. The van der Waals surface area contributed by atoms with Gasteiger partial charge in [-0.15, -0.1) is 0 Å². The van der Waals surface area contributed by atoms with E-state index in [1.54, 1.807) is 12.3 Å². The zero-order valence-electron chi connectivity index (χ0n) is 11.3. The number of rotatable bonds is 2. The van der Waals surface area contributed by atoms with Gasteiger partial charge < -0.3 is 14.8 Å². The van der Waals surface area contributed by atoms with E-state index in [0.29, 0.717) is 11.4 Å². The van der Waals surface area contributed by atoms with Gasteiger partial charge in [-0.25, -0.2) is 9.97 Å². The lowest BCUT2D eigenvalue weighted by molar-refractivity contribution is 0.452. The van der Waals surface area contributed by atoms with Gasteiger partial charge in [0.05, 0.1) is 0 Å². The van der Waals surface area contributed by atoms with E-state index in [2.05, 4.69) is 9.97 Å². The van der Waals surface area contributed by atoms with E-state index < -0.39 is 0 Å². The molecule has 0 radical (unpaired) electrons. The van der Waals surface area contributed by atoms with E-state index in [-0.39, 0.29) is 17.5 Å². The molecule has 3 rings (SSSR count). The quantitative estimate of drug-likeness (QED) is 0.750. The number of phenols is 2. The van der Waals surface area contributed by atoms with Crippen LogP contribution in [-0.4, -0.2) is 24.7 Å². The lowest BCUT2D eigenvalue weighted by atomic mass is 10.1. The van der Waals surface area contributed by atoms with Crippen molar-refractivity contribution in [3.63, 3.8) is 0 Å². The van der Waals surface area contributed by atoms with Crippen molar-refractivity contribution >= 4 is 11.2 Å². The SMILES string of the molecule is CC(C)n1c(-c2c(O)cccc2O)nc2cccnc21. The fraction of sp³-hybridized carbons (Fsp3) is 0.200. The Kier molecular flexibility index (Phi) is 2.82. The first-order valence-electron chi connectivity index (χ1n) is 6.44. The van der Waals surface area contributed by atoms with E-state index in [9.17, 15) is 10.2 Å². The molecule has 0 saturated heterocycles. The number of nitrogens with zero attached hydrogens (tertiary/aromatic N) is 3. The lowest BCUT2D eigenvalue weighted by Crippen LogP contribution is -2.04. The van der Waals surface area contributed by atoms with Crippen LogP contribution in [-0.2, 0) is 0 Å². The smallest absolute Gasteiger partial charge is 0.160 e. The molecule has 2 N–H and O–H groups in total. The molecule has 2 heterocycles. The molecule has 5 nitrogen and oxygen atoms in total. The Morgan fingerprint density at radius 2 is 1.75 bits per heavy atom. The molecule has 0 atom stereocenters. The number of pyridine rings is 1. The Labute approximate surface area is 116 Å². The molecule has 0 aliphatic carbocycles. The van der Waals surface area contributed by atoms with Crippen molar-refractivity contribution in [2.45, 2.75) is 19.9 Å². The van der Waals surface area contributed by atoms with E-state index in [1.165, 1.54) is 12.1 Å². The summed E-state index contributed by atoms with van der Waals surface area (Å²) in [6.45, 7) is 4.02. The van der Waals surface area contributed by atoms with Gasteiger partial charge in [0.1, 0.15) is 28.4 Å². The van der Waals surface area contributed by atoms with Gasteiger partial charge in [-0.1, -0.05) is 6.07 Å². The molecule has 102 valence electrons. The minimum atomic E-state index is 0.00204. The van der Waals surface area contributed by atoms with Crippen LogP contribution in [0.15, 0.2) is 36.5 Å². The zero-order valence-corrected chi connectivity index (χ0v) is 11.3. The maximum Gasteiger partial charge on any atom is 0.160 e. The predicted molar refractivity (Wildman–Crippen MR) is 76.7 cm³/mol. The largest absolute Gasteiger partial charge is 0.507 e. The Balaban J connectivity index is 2.39. The highest BCUT2D eigenvalue weighted by Gasteiger charge is 2.20. The van der Waals surface area contributed by atoms with Crippen LogP contribution in [0.2, 0.25) is 0 Å². The molecular weight excluding hydrogens is 254 g/mol. The number of hydrogen-bond acceptors (Lipinski definition) is 4. The summed E-state index contributed by atoms with van der Waals surface area (Å²) in [5, 5.41) is 20.1. The molecule has 0 spiro atoms. The molecule has 1 aromatic carbocycles. The summed E-state index contributed by atoms with van der Waals surface area (Å²) >= 11 is 0. The van der Waals surface area contributed by atoms with Gasteiger partial charge in [0, 0.05) is 12.2 Å². The molecule has 0 aliphatic heterocycles. The number of benzene rings is 1. The molecule has 0 amide bonds. The van der Waals surface area contributed by atoms with Gasteiger partial charge in [-0.3, -0.25) is 0 Å². The van der Waals surface area contributed by atoms with E-state index in [1.807, 2.05) is 30.5 Å². The van der Waals surface area contributed by atoms with Crippen LogP contribution in [0.5, 0.6) is 11.5 Å². The third kappa shape index (κ3) is 1.79. The number of hydrogen-bond donors (Lipinski definition) is 2. The number of phenolic OH excluding ortho intramolecular Hbond substituents is 2. The van der Waals surface area contributed by atoms with Gasteiger partial charge in [0.15, 0.2) is 5.65 Å². The third-order valence-electron chi connectivity index (χ3n) is 3.21. The molecular formula is C15H15N3O2. The average molecular weight is 269 g/mol. The van der Waals surface area contributed by atoms with Crippen LogP contribution < -0.4 is 0 Å². The van der Waals surface area contributed by atoms with Crippen molar-refractivity contribution in [1.82, 2.24) is 14.5 Å². The van der Waals surface area contributed by atoms with Crippen molar-refractivity contribution in [2.75, 3.05) is 0 Å². The summed E-state index contributed by atoms with van der Waals surface area (Å²) in [6, 6.07) is 8.44. The number of aromatic hydroxyl groups is 2. The molecule has 5 heteroatoms. The van der Waals surface area contributed by atoms with Gasteiger partial charge in [0.2, 0.25) is 0 Å². The second-order valence-electron chi connectivity index (χ2n) is 4.92. The van der Waals surface area contributed by atoms with Crippen molar-refractivity contribution in [3.05, 3.63) is 36.5 Å². The highest BCUT2D eigenvalue weighted by molar-refractivity contribution is 5.81. The Bertz CT molecular complexity index is 758. The predicted octanol–water partition coefficient (Wildman–Crippen LogP) is 3.09. The monoisotopic (exact) mass is 269 g/mol. The van der Waals surface area contributed by atoms with Crippen LogP contribution in [0, 0.1) is 0 Å². The van der Waals surface area contributed by atoms with E-state index in [4.69, 9.17) is 0 Å². The highest BCUT2D eigenvalue weighted by atomic mass is 16.3. The number of aromatic nitrogens is 3. The molecule has 3 aromatic rings. The highest BCUT2D eigenvalue weighted by Crippen LogP contribution is 2.38. The molecule has 0 saturated carbocycles. The summed E-state index contributed by atoms with van der Waals surface area (Å²) in [4.78, 5) is 8.85. The first kappa shape index (κ1) is 12.5. The van der Waals surface area contributed by atoms with Gasteiger partial charge in [0.25, 0.3) is 0 Å². The topological polar surface area (TPSA) is 71.2 Å². The maximum absolute atomic E-state index is 10.0. The lowest BCUT2D eigenvalue weighted by Gasteiger charge is -2.13. The number of fused-ring (bicyclic) bond motifs is 1.